The van der Waals surface area contributed by atoms with Gasteiger partial charge >= 0.3 is 0 Å². The van der Waals surface area contributed by atoms with Crippen molar-refractivity contribution in [2.45, 2.75) is 31.7 Å². The number of hydrogen-bond acceptors (Lipinski definition) is 3. The van der Waals surface area contributed by atoms with Crippen LogP contribution in [0.1, 0.15) is 19.4 Å². The fourth-order valence-corrected chi connectivity index (χ4v) is 3.34. The van der Waals surface area contributed by atoms with Gasteiger partial charge < -0.3 is 0 Å². The number of nitrogens with zero attached hydrogens (tertiary/aromatic N) is 1. The largest absolute Gasteiger partial charge is 0.279 e. The Morgan fingerprint density at radius 1 is 1.38 bits per heavy atom. The minimum absolute atomic E-state index is 0.0498. The van der Waals surface area contributed by atoms with Crippen LogP contribution in [0.25, 0.3) is 0 Å². The Balaban J connectivity index is 2.37. The maximum atomic E-state index is 12.4. The van der Waals surface area contributed by atoms with Gasteiger partial charge in [-0.15, -0.1) is 0 Å². The summed E-state index contributed by atoms with van der Waals surface area (Å²) in [5, 5.41) is 0. The monoisotopic (exact) mass is 239 g/mol. The Hall–Kier alpha value is -0.870. The molecule has 16 heavy (non-hydrogen) atoms. The van der Waals surface area contributed by atoms with E-state index >= 15 is 0 Å². The van der Waals surface area contributed by atoms with Crippen molar-refractivity contribution in [1.29, 1.82) is 0 Å². The van der Waals surface area contributed by atoms with Crippen LogP contribution in [0.4, 0.5) is 0 Å². The molecule has 1 unspecified atom stereocenters. The van der Waals surface area contributed by atoms with E-state index in [1.165, 1.54) is 0 Å². The average Bonchev–Trinajstić information content (AvgIpc) is 2.63. The molecule has 0 saturated carbocycles. The topological polar surface area (TPSA) is 38.7 Å². The van der Waals surface area contributed by atoms with E-state index in [9.17, 15) is 4.21 Å². The molecule has 1 heterocycles. The van der Waals surface area contributed by atoms with E-state index < -0.39 is 10.0 Å². The summed E-state index contributed by atoms with van der Waals surface area (Å²) in [6.45, 7) is 6.60. The molecular weight excluding hydrogens is 222 g/mol. The minimum Gasteiger partial charge on any atom is -0.279 e. The first kappa shape index (κ1) is 11.6. The van der Waals surface area contributed by atoms with E-state index in [1.54, 1.807) is 0 Å². The normalized spacial score (nSPS) is 29.4. The molecule has 0 aliphatic carbocycles. The van der Waals surface area contributed by atoms with Crippen molar-refractivity contribution < 1.29 is 8.39 Å². The first-order chi connectivity index (χ1) is 7.51. The summed E-state index contributed by atoms with van der Waals surface area (Å²) >= 11 is 0. The average molecular weight is 239 g/mol. The summed E-state index contributed by atoms with van der Waals surface area (Å²) in [5.41, 5.74) is 1.14. The second-order valence-electron chi connectivity index (χ2n) is 4.49. The van der Waals surface area contributed by atoms with Crippen LogP contribution in [0, 0.1) is 12.8 Å². The zero-order chi connectivity index (χ0) is 11.8. The number of benzene rings is 1. The Morgan fingerprint density at radius 2 is 2.00 bits per heavy atom. The Bertz CT molecular complexity index is 484. The predicted molar refractivity (Wildman–Crippen MR) is 64.6 cm³/mol. The molecule has 0 radical (unpaired) electrons. The van der Waals surface area contributed by atoms with Crippen LogP contribution in [0.5, 0.6) is 0 Å². The van der Waals surface area contributed by atoms with Crippen molar-refractivity contribution in [3.05, 3.63) is 29.8 Å². The summed E-state index contributed by atoms with van der Waals surface area (Å²) < 4.78 is 22.2. The molecule has 2 atom stereocenters. The lowest BCUT2D eigenvalue weighted by Gasteiger charge is -2.06. The highest BCUT2D eigenvalue weighted by atomic mass is 32.2. The van der Waals surface area contributed by atoms with Gasteiger partial charge in [0.05, 0.1) is 17.5 Å². The molecule has 0 saturated heterocycles. The molecule has 3 nitrogen and oxygen atoms in total. The van der Waals surface area contributed by atoms with Crippen LogP contribution in [0.15, 0.2) is 33.5 Å². The lowest BCUT2D eigenvalue weighted by atomic mass is 10.1. The molecule has 0 aromatic heterocycles. The SMILES string of the molecule is Cc1ccc(S2(=O)=N[C@@H](C(C)C)CO2)cc1. The van der Waals surface area contributed by atoms with Crippen LogP contribution in [0.2, 0.25) is 0 Å². The molecule has 0 amide bonds. The fourth-order valence-electron chi connectivity index (χ4n) is 1.55. The maximum Gasteiger partial charge on any atom is 0.193 e. The molecule has 88 valence electrons. The molecule has 4 heteroatoms. The third-order valence-corrected chi connectivity index (χ3v) is 4.63. The van der Waals surface area contributed by atoms with Gasteiger partial charge in [-0.05, 0) is 25.0 Å². The van der Waals surface area contributed by atoms with Crippen LogP contribution in [-0.2, 0) is 14.2 Å². The van der Waals surface area contributed by atoms with Crippen LogP contribution in [0.3, 0.4) is 0 Å². The molecule has 0 N–H and O–H groups in total. The van der Waals surface area contributed by atoms with Gasteiger partial charge in [-0.3, -0.25) is 4.18 Å². The Morgan fingerprint density at radius 3 is 2.50 bits per heavy atom. The summed E-state index contributed by atoms with van der Waals surface area (Å²) in [6.07, 6.45) is 0. The molecular formula is C12H17NO2S. The predicted octanol–water partition coefficient (Wildman–Crippen LogP) is 2.79. The molecule has 1 aliphatic rings. The molecule has 1 aromatic carbocycles. The summed E-state index contributed by atoms with van der Waals surface area (Å²) in [7, 11) is -2.62. The lowest BCUT2D eigenvalue weighted by molar-refractivity contribution is 0.312. The van der Waals surface area contributed by atoms with Crippen LogP contribution in [-0.4, -0.2) is 16.9 Å². The Labute approximate surface area is 97.2 Å². The zero-order valence-corrected chi connectivity index (χ0v) is 10.7. The number of rotatable bonds is 2. The summed E-state index contributed by atoms with van der Waals surface area (Å²) in [5.74, 6) is 0.369. The highest BCUT2D eigenvalue weighted by Gasteiger charge is 2.27. The van der Waals surface area contributed by atoms with Crippen molar-refractivity contribution in [2.24, 2.45) is 10.3 Å². The van der Waals surface area contributed by atoms with Crippen molar-refractivity contribution in [3.63, 3.8) is 0 Å². The van der Waals surface area contributed by atoms with Crippen LogP contribution >= 0.6 is 0 Å². The second kappa shape index (κ2) is 4.18. The van der Waals surface area contributed by atoms with Gasteiger partial charge in [-0.2, -0.15) is 0 Å². The molecule has 0 spiro atoms. The van der Waals surface area contributed by atoms with Gasteiger partial charge in [0.1, 0.15) is 0 Å². The van der Waals surface area contributed by atoms with Gasteiger partial charge in [0.2, 0.25) is 0 Å². The number of aryl methyl sites for hydroxylation is 1. The van der Waals surface area contributed by atoms with Crippen molar-refractivity contribution in [2.75, 3.05) is 6.61 Å². The highest BCUT2D eigenvalue weighted by Crippen LogP contribution is 2.25. The van der Waals surface area contributed by atoms with Gasteiger partial charge in [0, 0.05) is 0 Å². The molecule has 2 rings (SSSR count). The fraction of sp³-hybridized carbons (Fsp3) is 0.500. The maximum absolute atomic E-state index is 12.4. The van der Waals surface area contributed by atoms with Gasteiger partial charge in [0.15, 0.2) is 10.0 Å². The quantitative estimate of drug-likeness (QED) is 0.796. The van der Waals surface area contributed by atoms with Crippen molar-refractivity contribution >= 4 is 10.0 Å². The second-order valence-corrected chi connectivity index (χ2v) is 6.36. The van der Waals surface area contributed by atoms with E-state index in [4.69, 9.17) is 4.18 Å². The molecule has 1 aromatic rings. The highest BCUT2D eigenvalue weighted by molar-refractivity contribution is 7.89. The molecule has 1 aliphatic heterocycles. The molecule has 0 fully saturated rings. The summed E-state index contributed by atoms with van der Waals surface area (Å²) in [4.78, 5) is 0.682. The van der Waals surface area contributed by atoms with Gasteiger partial charge in [0.25, 0.3) is 0 Å². The van der Waals surface area contributed by atoms with Crippen LogP contribution < -0.4 is 0 Å². The van der Waals surface area contributed by atoms with E-state index in [2.05, 4.69) is 18.2 Å². The van der Waals surface area contributed by atoms with Crippen molar-refractivity contribution in [1.82, 2.24) is 0 Å². The first-order valence-corrected chi connectivity index (χ1v) is 6.92. The Kier molecular flexibility index (Phi) is 3.04. The van der Waals surface area contributed by atoms with Gasteiger partial charge in [-0.1, -0.05) is 31.5 Å². The first-order valence-electron chi connectivity index (χ1n) is 5.48. The lowest BCUT2D eigenvalue weighted by Crippen LogP contribution is -2.13. The third kappa shape index (κ3) is 2.13. The zero-order valence-electron chi connectivity index (χ0n) is 9.84. The van der Waals surface area contributed by atoms with E-state index in [-0.39, 0.29) is 6.04 Å². The van der Waals surface area contributed by atoms with E-state index in [1.807, 2.05) is 31.2 Å². The van der Waals surface area contributed by atoms with Crippen molar-refractivity contribution in [3.8, 4) is 0 Å². The van der Waals surface area contributed by atoms with E-state index in [0.717, 1.165) is 5.56 Å². The standard InChI is InChI=1S/C12H17NO2S/c1-9(2)12-8-15-16(14,13-12)11-6-4-10(3)5-7-11/h4-7,9,12H,8H2,1-3H3/t12-,16?/m1/s1. The minimum atomic E-state index is -2.62. The smallest absolute Gasteiger partial charge is 0.193 e. The number of hydrogen-bond donors (Lipinski definition) is 0. The van der Waals surface area contributed by atoms with E-state index in [0.29, 0.717) is 17.4 Å². The molecule has 0 bridgehead atoms. The van der Waals surface area contributed by atoms with Gasteiger partial charge in [-0.25, -0.2) is 8.57 Å². The summed E-state index contributed by atoms with van der Waals surface area (Å²) in [6, 6.07) is 7.59. The third-order valence-electron chi connectivity index (χ3n) is 2.76.